The van der Waals surface area contributed by atoms with E-state index in [2.05, 4.69) is 10.3 Å². The molecule has 2 N–H and O–H groups in total. The number of nitrogens with zero attached hydrogens (tertiary/aromatic N) is 4. The summed E-state index contributed by atoms with van der Waals surface area (Å²) in [6.45, 7) is 1.14. The molecule has 0 radical (unpaired) electrons. The lowest BCUT2D eigenvalue weighted by molar-refractivity contribution is -0.138. The van der Waals surface area contributed by atoms with Crippen molar-refractivity contribution in [3.63, 3.8) is 0 Å². The van der Waals surface area contributed by atoms with Gasteiger partial charge in [0.25, 0.3) is 0 Å². The standard InChI is InChI=1S/C23H24F3N5O2/c24-23(25,26)9-13-30-11-7-17(8-12-30)31-15-19(16-4-2-1-3-5-16)21(29-31)28-20-14-27-10-6-18(20)22(32)33/h1-6,10,14-15,17H,7-9,11-13H2,(H,28,29)(H,32,33). The van der Waals surface area contributed by atoms with E-state index in [0.717, 1.165) is 11.1 Å². The van der Waals surface area contributed by atoms with Crippen molar-refractivity contribution in [2.45, 2.75) is 31.5 Å². The zero-order valence-electron chi connectivity index (χ0n) is 17.8. The van der Waals surface area contributed by atoms with E-state index in [1.54, 1.807) is 0 Å². The number of carbonyl (C=O) groups is 1. The van der Waals surface area contributed by atoms with Gasteiger partial charge >= 0.3 is 12.1 Å². The van der Waals surface area contributed by atoms with Gasteiger partial charge in [0.05, 0.1) is 29.9 Å². The van der Waals surface area contributed by atoms with Crippen LogP contribution in [0.2, 0.25) is 0 Å². The summed E-state index contributed by atoms with van der Waals surface area (Å²) in [5.41, 5.74) is 2.12. The Morgan fingerprint density at radius 1 is 1.15 bits per heavy atom. The highest BCUT2D eigenvalue weighted by molar-refractivity contribution is 5.95. The van der Waals surface area contributed by atoms with Crippen LogP contribution in [0.3, 0.4) is 0 Å². The number of alkyl halides is 3. The van der Waals surface area contributed by atoms with Gasteiger partial charge in [-0.3, -0.25) is 9.67 Å². The maximum absolute atomic E-state index is 12.5. The Hall–Kier alpha value is -3.40. The van der Waals surface area contributed by atoms with E-state index in [4.69, 9.17) is 5.10 Å². The molecule has 1 fully saturated rings. The monoisotopic (exact) mass is 459 g/mol. The first-order valence-corrected chi connectivity index (χ1v) is 10.7. The summed E-state index contributed by atoms with van der Waals surface area (Å²) in [5.74, 6) is -0.581. The average molecular weight is 459 g/mol. The van der Waals surface area contributed by atoms with E-state index in [1.807, 2.05) is 46.1 Å². The molecule has 0 saturated carbocycles. The molecule has 33 heavy (non-hydrogen) atoms. The molecule has 0 aliphatic carbocycles. The molecule has 1 aliphatic rings. The van der Waals surface area contributed by atoms with Gasteiger partial charge in [-0.1, -0.05) is 30.3 Å². The largest absolute Gasteiger partial charge is 0.478 e. The number of nitrogens with one attached hydrogen (secondary N) is 1. The van der Waals surface area contributed by atoms with Gasteiger partial charge < -0.3 is 15.3 Å². The number of aromatic nitrogens is 3. The molecule has 10 heteroatoms. The van der Waals surface area contributed by atoms with E-state index in [-0.39, 0.29) is 18.2 Å². The summed E-state index contributed by atoms with van der Waals surface area (Å²) in [7, 11) is 0. The number of piperidine rings is 1. The fraction of sp³-hybridized carbons (Fsp3) is 0.348. The Morgan fingerprint density at radius 2 is 1.88 bits per heavy atom. The molecule has 0 atom stereocenters. The van der Waals surface area contributed by atoms with Crippen LogP contribution in [0.5, 0.6) is 0 Å². The lowest BCUT2D eigenvalue weighted by Crippen LogP contribution is -2.36. The first-order chi connectivity index (χ1) is 15.8. The topological polar surface area (TPSA) is 83.3 Å². The zero-order chi connectivity index (χ0) is 23.4. The van der Waals surface area contributed by atoms with E-state index in [9.17, 15) is 23.1 Å². The van der Waals surface area contributed by atoms with E-state index < -0.39 is 18.6 Å². The lowest BCUT2D eigenvalue weighted by atomic mass is 10.0. The molecule has 1 saturated heterocycles. The summed E-state index contributed by atoms with van der Waals surface area (Å²) in [6.07, 6.45) is 1.17. The Bertz CT molecular complexity index is 1090. The number of carboxylic acid groups (broad SMARTS) is 1. The predicted molar refractivity (Wildman–Crippen MR) is 118 cm³/mol. The molecule has 0 spiro atoms. The summed E-state index contributed by atoms with van der Waals surface area (Å²) in [6, 6.07) is 11.0. The highest BCUT2D eigenvalue weighted by atomic mass is 19.4. The number of anilines is 2. The van der Waals surface area contributed by atoms with Gasteiger partial charge in [0, 0.05) is 37.6 Å². The summed E-state index contributed by atoms with van der Waals surface area (Å²) in [5, 5.41) is 17.3. The molecule has 174 valence electrons. The van der Waals surface area contributed by atoms with Crippen LogP contribution in [0.4, 0.5) is 24.7 Å². The van der Waals surface area contributed by atoms with Gasteiger partial charge in [-0.05, 0) is 24.5 Å². The van der Waals surface area contributed by atoms with Crippen molar-refractivity contribution in [1.82, 2.24) is 19.7 Å². The van der Waals surface area contributed by atoms with Crippen molar-refractivity contribution in [1.29, 1.82) is 0 Å². The van der Waals surface area contributed by atoms with E-state index in [1.165, 1.54) is 18.5 Å². The highest BCUT2D eigenvalue weighted by Crippen LogP contribution is 2.33. The van der Waals surface area contributed by atoms with Gasteiger partial charge in [0.2, 0.25) is 0 Å². The second kappa shape index (κ2) is 9.62. The van der Waals surface area contributed by atoms with Crippen molar-refractivity contribution in [2.24, 2.45) is 0 Å². The van der Waals surface area contributed by atoms with Gasteiger partial charge in [-0.25, -0.2) is 4.79 Å². The molecule has 3 aromatic rings. The molecule has 1 aromatic carbocycles. The van der Waals surface area contributed by atoms with Gasteiger partial charge in [0.1, 0.15) is 0 Å². The predicted octanol–water partition coefficient (Wildman–Crippen LogP) is 4.98. The number of hydrogen-bond donors (Lipinski definition) is 2. The van der Waals surface area contributed by atoms with Crippen LogP contribution in [-0.2, 0) is 0 Å². The Labute approximate surface area is 188 Å². The number of carboxylic acids is 1. The third-order valence-corrected chi connectivity index (χ3v) is 5.76. The Kier molecular flexibility index (Phi) is 6.64. The molecular formula is C23H24F3N5O2. The van der Waals surface area contributed by atoms with Crippen LogP contribution >= 0.6 is 0 Å². The summed E-state index contributed by atoms with van der Waals surface area (Å²) in [4.78, 5) is 17.4. The summed E-state index contributed by atoms with van der Waals surface area (Å²) >= 11 is 0. The average Bonchev–Trinajstić information content (AvgIpc) is 3.22. The van der Waals surface area contributed by atoms with Gasteiger partial charge in [-0.2, -0.15) is 18.3 Å². The van der Waals surface area contributed by atoms with Crippen LogP contribution in [0, 0.1) is 0 Å². The quantitative estimate of drug-likeness (QED) is 0.519. The number of benzene rings is 1. The van der Waals surface area contributed by atoms with Crippen molar-refractivity contribution < 1.29 is 23.1 Å². The molecule has 3 heterocycles. The normalized spacial score (nSPS) is 15.5. The first kappa shape index (κ1) is 22.8. The Balaban J connectivity index is 1.56. The van der Waals surface area contributed by atoms with Crippen LogP contribution < -0.4 is 5.32 Å². The minimum absolute atomic E-state index is 0.0103. The van der Waals surface area contributed by atoms with Gasteiger partial charge in [0.15, 0.2) is 5.82 Å². The third kappa shape index (κ3) is 5.70. The maximum atomic E-state index is 12.5. The van der Waals surface area contributed by atoms with Crippen LogP contribution in [0.1, 0.15) is 35.7 Å². The second-order valence-electron chi connectivity index (χ2n) is 8.03. The van der Waals surface area contributed by atoms with Crippen LogP contribution in [-0.4, -0.2) is 56.6 Å². The zero-order valence-corrected chi connectivity index (χ0v) is 17.8. The highest BCUT2D eigenvalue weighted by Gasteiger charge is 2.30. The Morgan fingerprint density at radius 3 is 2.55 bits per heavy atom. The van der Waals surface area contributed by atoms with Crippen molar-refractivity contribution in [3.8, 4) is 11.1 Å². The molecule has 0 amide bonds. The van der Waals surface area contributed by atoms with Crippen molar-refractivity contribution in [2.75, 3.05) is 25.0 Å². The molecule has 0 unspecified atom stereocenters. The number of pyridine rings is 1. The van der Waals surface area contributed by atoms with Gasteiger partial charge in [-0.15, -0.1) is 0 Å². The first-order valence-electron chi connectivity index (χ1n) is 10.7. The molecule has 1 aliphatic heterocycles. The number of hydrogen-bond acceptors (Lipinski definition) is 5. The van der Waals surface area contributed by atoms with Crippen molar-refractivity contribution >= 4 is 17.5 Å². The van der Waals surface area contributed by atoms with Crippen LogP contribution in [0.25, 0.3) is 11.1 Å². The second-order valence-corrected chi connectivity index (χ2v) is 8.03. The molecule has 4 rings (SSSR count). The third-order valence-electron chi connectivity index (χ3n) is 5.76. The number of rotatable bonds is 7. The smallest absolute Gasteiger partial charge is 0.390 e. The van der Waals surface area contributed by atoms with E-state index in [0.29, 0.717) is 37.4 Å². The fourth-order valence-electron chi connectivity index (χ4n) is 4.00. The van der Waals surface area contributed by atoms with Crippen molar-refractivity contribution in [3.05, 3.63) is 60.6 Å². The minimum Gasteiger partial charge on any atom is -0.478 e. The maximum Gasteiger partial charge on any atom is 0.390 e. The molecular weight excluding hydrogens is 435 g/mol. The fourth-order valence-corrected chi connectivity index (χ4v) is 4.00. The van der Waals surface area contributed by atoms with Crippen LogP contribution in [0.15, 0.2) is 55.0 Å². The minimum atomic E-state index is -4.15. The number of likely N-dealkylation sites (tertiary alicyclic amines) is 1. The SMILES string of the molecule is O=C(O)c1ccncc1Nc1nn(C2CCN(CCC(F)(F)F)CC2)cc1-c1ccccc1. The number of aromatic carboxylic acids is 1. The molecule has 0 bridgehead atoms. The molecule has 2 aromatic heterocycles. The molecule has 7 nitrogen and oxygen atoms in total. The van der Waals surface area contributed by atoms with E-state index >= 15 is 0 Å². The lowest BCUT2D eigenvalue weighted by Gasteiger charge is -2.32. The number of halogens is 3. The summed E-state index contributed by atoms with van der Waals surface area (Å²) < 4.78 is 39.4.